The molecular weight excluding hydrogens is 306 g/mol. The molecule has 2 aromatic carbocycles. The van der Waals surface area contributed by atoms with Crippen molar-refractivity contribution in [2.24, 2.45) is 0 Å². The van der Waals surface area contributed by atoms with E-state index in [-0.39, 0.29) is 6.54 Å². The predicted molar refractivity (Wildman–Crippen MR) is 88.7 cm³/mol. The maximum absolute atomic E-state index is 12.3. The van der Waals surface area contributed by atoms with Crippen molar-refractivity contribution in [3.63, 3.8) is 0 Å². The lowest BCUT2D eigenvalue weighted by Gasteiger charge is -2.13. The molecule has 0 spiro atoms. The minimum Gasteiger partial charge on any atom is -0.361 e. The molecule has 0 radical (unpaired) electrons. The van der Waals surface area contributed by atoms with Gasteiger partial charge in [0, 0.05) is 22.8 Å². The summed E-state index contributed by atoms with van der Waals surface area (Å²) in [4.78, 5) is 40.8. The Hall–Kier alpha value is -3.41. The number of carbonyl (C=O) groups is 3. The summed E-state index contributed by atoms with van der Waals surface area (Å²) in [5, 5.41) is 3.69. The van der Waals surface area contributed by atoms with E-state index in [1.807, 2.05) is 24.4 Å². The molecule has 0 saturated heterocycles. The van der Waals surface area contributed by atoms with Crippen LogP contribution in [0, 0.1) is 0 Å². The number of amides is 3. The summed E-state index contributed by atoms with van der Waals surface area (Å²) in [7, 11) is 0. The zero-order valence-electron chi connectivity index (χ0n) is 12.6. The number of fused-ring (bicyclic) bond motifs is 2. The largest absolute Gasteiger partial charge is 0.361 e. The number of carbonyl (C=O) groups excluding carboxylic acids is 3. The van der Waals surface area contributed by atoms with Gasteiger partial charge in [0.2, 0.25) is 5.91 Å². The molecule has 24 heavy (non-hydrogen) atoms. The summed E-state index contributed by atoms with van der Waals surface area (Å²) in [6.45, 7) is -0.308. The van der Waals surface area contributed by atoms with Gasteiger partial charge < -0.3 is 10.3 Å². The summed E-state index contributed by atoms with van der Waals surface area (Å²) in [6.07, 6.45) is 1.81. The number of imide groups is 1. The lowest BCUT2D eigenvalue weighted by atomic mass is 10.1. The molecule has 2 heterocycles. The fourth-order valence-corrected chi connectivity index (χ4v) is 2.86. The second-order valence-electron chi connectivity index (χ2n) is 5.57. The highest BCUT2D eigenvalue weighted by Crippen LogP contribution is 2.22. The molecule has 0 bridgehead atoms. The summed E-state index contributed by atoms with van der Waals surface area (Å²) >= 11 is 0. The first-order valence-electron chi connectivity index (χ1n) is 7.46. The first kappa shape index (κ1) is 14.2. The molecule has 0 saturated carbocycles. The molecule has 3 aromatic rings. The number of H-pyrrole nitrogens is 1. The van der Waals surface area contributed by atoms with Crippen molar-refractivity contribution >= 4 is 34.3 Å². The Morgan fingerprint density at radius 1 is 1.00 bits per heavy atom. The smallest absolute Gasteiger partial charge is 0.262 e. The third kappa shape index (κ3) is 2.25. The first-order chi connectivity index (χ1) is 11.6. The summed E-state index contributed by atoms with van der Waals surface area (Å²) in [6, 6.07) is 13.9. The number of hydrogen-bond donors (Lipinski definition) is 2. The van der Waals surface area contributed by atoms with Crippen LogP contribution >= 0.6 is 0 Å². The second-order valence-corrected chi connectivity index (χ2v) is 5.57. The number of anilines is 1. The zero-order chi connectivity index (χ0) is 16.7. The minimum absolute atomic E-state index is 0.308. The van der Waals surface area contributed by atoms with Gasteiger partial charge in [-0.25, -0.2) is 0 Å². The van der Waals surface area contributed by atoms with Crippen LogP contribution in [-0.2, 0) is 4.79 Å². The molecule has 0 atom stereocenters. The van der Waals surface area contributed by atoms with Gasteiger partial charge in [0.15, 0.2) is 0 Å². The lowest BCUT2D eigenvalue weighted by Crippen LogP contribution is -2.37. The van der Waals surface area contributed by atoms with E-state index in [1.54, 1.807) is 30.3 Å². The van der Waals surface area contributed by atoms with Crippen LogP contribution in [0.4, 0.5) is 5.69 Å². The van der Waals surface area contributed by atoms with Gasteiger partial charge in [-0.3, -0.25) is 19.3 Å². The quantitative estimate of drug-likeness (QED) is 0.727. The van der Waals surface area contributed by atoms with Crippen LogP contribution in [0.1, 0.15) is 20.7 Å². The van der Waals surface area contributed by atoms with E-state index in [2.05, 4.69) is 10.3 Å². The van der Waals surface area contributed by atoms with Crippen molar-refractivity contribution in [1.82, 2.24) is 9.88 Å². The van der Waals surface area contributed by atoms with E-state index in [4.69, 9.17) is 0 Å². The van der Waals surface area contributed by atoms with Crippen LogP contribution in [0.15, 0.2) is 54.7 Å². The van der Waals surface area contributed by atoms with Crippen molar-refractivity contribution < 1.29 is 14.4 Å². The Labute approximate surface area is 137 Å². The number of rotatable bonds is 3. The average molecular weight is 319 g/mol. The van der Waals surface area contributed by atoms with Gasteiger partial charge in [-0.1, -0.05) is 12.1 Å². The SMILES string of the molecule is O=C(CN1C(=O)c2ccccc2C1=O)Nc1ccc2[nH]ccc2c1. The number of nitrogens with one attached hydrogen (secondary N) is 2. The highest BCUT2D eigenvalue weighted by atomic mass is 16.2. The van der Waals surface area contributed by atoms with Gasteiger partial charge >= 0.3 is 0 Å². The van der Waals surface area contributed by atoms with Crippen molar-refractivity contribution in [3.05, 3.63) is 65.9 Å². The molecule has 0 unspecified atom stereocenters. The van der Waals surface area contributed by atoms with Crippen molar-refractivity contribution in [1.29, 1.82) is 0 Å². The molecule has 1 aromatic heterocycles. The first-order valence-corrected chi connectivity index (χ1v) is 7.46. The third-order valence-corrected chi connectivity index (χ3v) is 4.02. The van der Waals surface area contributed by atoms with E-state index in [1.165, 1.54) is 0 Å². The Bertz CT molecular complexity index is 955. The lowest BCUT2D eigenvalue weighted by molar-refractivity contribution is -0.116. The number of aromatic nitrogens is 1. The van der Waals surface area contributed by atoms with Gasteiger partial charge in [-0.15, -0.1) is 0 Å². The summed E-state index contributed by atoms with van der Waals surface area (Å²) < 4.78 is 0. The van der Waals surface area contributed by atoms with Gasteiger partial charge in [-0.2, -0.15) is 0 Å². The maximum atomic E-state index is 12.3. The van der Waals surface area contributed by atoms with Gasteiger partial charge in [0.05, 0.1) is 11.1 Å². The van der Waals surface area contributed by atoms with E-state index in [9.17, 15) is 14.4 Å². The van der Waals surface area contributed by atoms with E-state index < -0.39 is 17.7 Å². The molecule has 3 amide bonds. The monoisotopic (exact) mass is 319 g/mol. The number of nitrogens with zero attached hydrogens (tertiary/aromatic N) is 1. The van der Waals surface area contributed by atoms with E-state index in [0.29, 0.717) is 16.8 Å². The Kier molecular flexibility index (Phi) is 3.16. The highest BCUT2D eigenvalue weighted by molar-refractivity contribution is 6.22. The fraction of sp³-hybridized carbons (Fsp3) is 0.0556. The Morgan fingerprint density at radius 2 is 1.71 bits per heavy atom. The number of aromatic amines is 1. The molecule has 6 nitrogen and oxygen atoms in total. The molecule has 4 rings (SSSR count). The topological polar surface area (TPSA) is 82.3 Å². The molecule has 118 valence electrons. The summed E-state index contributed by atoms with van der Waals surface area (Å²) in [5.41, 5.74) is 2.25. The standard InChI is InChI=1S/C18H13N3O3/c22-16(20-12-5-6-15-11(9-12)7-8-19-15)10-21-17(23)13-3-1-2-4-14(13)18(21)24/h1-9,19H,10H2,(H,20,22). The maximum Gasteiger partial charge on any atom is 0.262 e. The van der Waals surface area contributed by atoms with Crippen LogP contribution in [0.2, 0.25) is 0 Å². The van der Waals surface area contributed by atoms with Crippen molar-refractivity contribution in [2.75, 3.05) is 11.9 Å². The second kappa shape index (κ2) is 5.34. The van der Waals surface area contributed by atoms with Gasteiger partial charge in [-0.05, 0) is 36.4 Å². The highest BCUT2D eigenvalue weighted by Gasteiger charge is 2.36. The molecule has 0 aliphatic carbocycles. The van der Waals surface area contributed by atoms with Crippen LogP contribution in [0.3, 0.4) is 0 Å². The third-order valence-electron chi connectivity index (χ3n) is 4.02. The van der Waals surface area contributed by atoms with E-state index >= 15 is 0 Å². The number of hydrogen-bond acceptors (Lipinski definition) is 3. The Morgan fingerprint density at radius 3 is 2.42 bits per heavy atom. The van der Waals surface area contributed by atoms with Crippen molar-refractivity contribution in [2.45, 2.75) is 0 Å². The van der Waals surface area contributed by atoms with Crippen LogP contribution in [0.5, 0.6) is 0 Å². The number of benzene rings is 2. The summed E-state index contributed by atoms with van der Waals surface area (Å²) in [5.74, 6) is -1.29. The normalized spacial score (nSPS) is 13.4. The molecule has 0 fully saturated rings. The predicted octanol–water partition coefficient (Wildman–Crippen LogP) is 2.40. The molecule has 2 N–H and O–H groups in total. The van der Waals surface area contributed by atoms with Crippen LogP contribution in [-0.4, -0.2) is 34.2 Å². The molecule has 1 aliphatic rings. The van der Waals surface area contributed by atoms with Crippen molar-refractivity contribution in [3.8, 4) is 0 Å². The van der Waals surface area contributed by atoms with Gasteiger partial charge in [0.25, 0.3) is 11.8 Å². The fourth-order valence-electron chi connectivity index (χ4n) is 2.86. The minimum atomic E-state index is -0.438. The van der Waals surface area contributed by atoms with Crippen LogP contribution in [0.25, 0.3) is 10.9 Å². The molecular formula is C18H13N3O3. The van der Waals surface area contributed by atoms with E-state index in [0.717, 1.165) is 15.8 Å². The molecule has 1 aliphatic heterocycles. The Balaban J connectivity index is 1.50. The average Bonchev–Trinajstić information content (AvgIpc) is 3.14. The van der Waals surface area contributed by atoms with Crippen LogP contribution < -0.4 is 5.32 Å². The molecule has 6 heteroatoms. The van der Waals surface area contributed by atoms with Gasteiger partial charge in [0.1, 0.15) is 6.54 Å². The zero-order valence-corrected chi connectivity index (χ0v) is 12.6.